The van der Waals surface area contributed by atoms with Gasteiger partial charge in [0.25, 0.3) is 11.8 Å². The van der Waals surface area contributed by atoms with Gasteiger partial charge < -0.3 is 9.84 Å². The van der Waals surface area contributed by atoms with E-state index in [1.165, 1.54) is 36.4 Å². The molecule has 0 aliphatic carbocycles. The number of nitrogens with zero attached hydrogens (tertiary/aromatic N) is 1. The first kappa shape index (κ1) is 17.8. The number of carbonyl (C=O) groups is 3. The number of halogens is 1. The summed E-state index contributed by atoms with van der Waals surface area (Å²) < 4.78 is 5.72. The molecule has 28 heavy (non-hydrogen) atoms. The van der Waals surface area contributed by atoms with Crippen molar-refractivity contribution >= 4 is 35.1 Å². The van der Waals surface area contributed by atoms with E-state index in [1.807, 2.05) is 0 Å². The SMILES string of the molecule is O=C(O)c1ccc(N2C(=O)c3ccc(Oc4ccc(Cl)cc4)cc3C2=O)cc1. The Morgan fingerprint density at radius 1 is 0.821 bits per heavy atom. The number of ether oxygens (including phenoxy) is 1. The number of benzene rings is 3. The number of amides is 2. The molecule has 3 aromatic rings. The summed E-state index contributed by atoms with van der Waals surface area (Å²) >= 11 is 5.85. The first-order valence-electron chi connectivity index (χ1n) is 8.23. The van der Waals surface area contributed by atoms with Gasteiger partial charge in [0.15, 0.2) is 0 Å². The van der Waals surface area contributed by atoms with Crippen molar-refractivity contribution in [3.05, 3.63) is 88.4 Å². The van der Waals surface area contributed by atoms with E-state index < -0.39 is 17.8 Å². The van der Waals surface area contributed by atoms with E-state index in [0.29, 0.717) is 22.2 Å². The number of carboxylic acid groups (broad SMARTS) is 1. The van der Waals surface area contributed by atoms with Crippen molar-refractivity contribution in [3.8, 4) is 11.5 Å². The molecule has 4 rings (SSSR count). The van der Waals surface area contributed by atoms with Gasteiger partial charge in [-0.15, -0.1) is 0 Å². The lowest BCUT2D eigenvalue weighted by Gasteiger charge is -2.13. The molecule has 2 amide bonds. The second-order valence-electron chi connectivity index (χ2n) is 6.06. The largest absolute Gasteiger partial charge is 0.478 e. The summed E-state index contributed by atoms with van der Waals surface area (Å²) in [6.07, 6.45) is 0. The third kappa shape index (κ3) is 3.10. The van der Waals surface area contributed by atoms with Crippen LogP contribution in [-0.4, -0.2) is 22.9 Å². The van der Waals surface area contributed by atoms with Crippen LogP contribution in [0.3, 0.4) is 0 Å². The van der Waals surface area contributed by atoms with E-state index >= 15 is 0 Å². The maximum Gasteiger partial charge on any atom is 0.335 e. The Labute approximate surface area is 164 Å². The quantitative estimate of drug-likeness (QED) is 0.653. The highest BCUT2D eigenvalue weighted by Gasteiger charge is 2.37. The summed E-state index contributed by atoms with van der Waals surface area (Å²) in [6.45, 7) is 0. The molecule has 0 saturated carbocycles. The summed E-state index contributed by atoms with van der Waals surface area (Å²) in [6, 6.07) is 16.9. The van der Waals surface area contributed by atoms with Crippen LogP contribution >= 0.6 is 11.6 Å². The molecule has 0 aromatic heterocycles. The molecule has 1 aliphatic heterocycles. The molecule has 3 aromatic carbocycles. The highest BCUT2D eigenvalue weighted by atomic mass is 35.5. The van der Waals surface area contributed by atoms with Gasteiger partial charge in [-0.2, -0.15) is 0 Å². The van der Waals surface area contributed by atoms with E-state index in [2.05, 4.69) is 0 Å². The number of carboxylic acids is 1. The minimum atomic E-state index is -1.09. The van der Waals surface area contributed by atoms with Crippen molar-refractivity contribution < 1.29 is 24.2 Å². The van der Waals surface area contributed by atoms with Crippen molar-refractivity contribution in [3.63, 3.8) is 0 Å². The van der Waals surface area contributed by atoms with Crippen LogP contribution in [0.2, 0.25) is 5.02 Å². The Morgan fingerprint density at radius 3 is 2.07 bits per heavy atom. The third-order valence-electron chi connectivity index (χ3n) is 4.28. The number of rotatable bonds is 4. The molecule has 1 heterocycles. The minimum absolute atomic E-state index is 0.0685. The van der Waals surface area contributed by atoms with E-state index in [4.69, 9.17) is 21.4 Å². The molecule has 1 aliphatic rings. The van der Waals surface area contributed by atoms with E-state index in [-0.39, 0.29) is 16.7 Å². The van der Waals surface area contributed by atoms with Crippen LogP contribution < -0.4 is 9.64 Å². The number of hydrogen-bond acceptors (Lipinski definition) is 4. The number of fused-ring (bicyclic) bond motifs is 1. The van der Waals surface area contributed by atoms with Crippen molar-refractivity contribution in [1.82, 2.24) is 0 Å². The molecule has 138 valence electrons. The van der Waals surface area contributed by atoms with Gasteiger partial charge in [0.1, 0.15) is 11.5 Å². The number of anilines is 1. The molecule has 0 bridgehead atoms. The second kappa shape index (κ2) is 6.83. The summed E-state index contributed by atoms with van der Waals surface area (Å²) in [5.41, 5.74) is 0.852. The third-order valence-corrected chi connectivity index (χ3v) is 4.53. The number of aromatic carboxylic acids is 1. The van der Waals surface area contributed by atoms with Gasteiger partial charge in [-0.25, -0.2) is 9.69 Å². The highest BCUT2D eigenvalue weighted by Crippen LogP contribution is 2.32. The number of hydrogen-bond donors (Lipinski definition) is 1. The number of imide groups is 1. The topological polar surface area (TPSA) is 83.9 Å². The summed E-state index contributed by atoms with van der Waals surface area (Å²) in [7, 11) is 0. The molecule has 0 saturated heterocycles. The fraction of sp³-hybridized carbons (Fsp3) is 0. The zero-order chi connectivity index (χ0) is 19.8. The minimum Gasteiger partial charge on any atom is -0.478 e. The van der Waals surface area contributed by atoms with Crippen LogP contribution in [0.5, 0.6) is 11.5 Å². The fourth-order valence-electron chi connectivity index (χ4n) is 2.91. The predicted octanol–water partition coefficient (Wildman–Crippen LogP) is 4.63. The lowest BCUT2D eigenvalue weighted by molar-refractivity contribution is 0.0696. The Bertz CT molecular complexity index is 1110. The van der Waals surface area contributed by atoms with Gasteiger partial charge in [0, 0.05) is 5.02 Å². The van der Waals surface area contributed by atoms with Crippen LogP contribution in [0.1, 0.15) is 31.1 Å². The van der Waals surface area contributed by atoms with Gasteiger partial charge in [-0.05, 0) is 66.7 Å². The smallest absolute Gasteiger partial charge is 0.335 e. The average Bonchev–Trinajstić information content (AvgIpc) is 2.94. The van der Waals surface area contributed by atoms with Gasteiger partial charge in [0.05, 0.1) is 22.4 Å². The lowest BCUT2D eigenvalue weighted by Crippen LogP contribution is -2.29. The van der Waals surface area contributed by atoms with Crippen LogP contribution in [0.4, 0.5) is 5.69 Å². The Hall–Kier alpha value is -3.64. The van der Waals surface area contributed by atoms with E-state index in [1.54, 1.807) is 30.3 Å². The summed E-state index contributed by atoms with van der Waals surface area (Å²) in [5.74, 6) is -1.10. The van der Waals surface area contributed by atoms with Crippen LogP contribution in [-0.2, 0) is 0 Å². The molecule has 0 atom stereocenters. The molecule has 7 heteroatoms. The molecule has 0 unspecified atom stereocenters. The highest BCUT2D eigenvalue weighted by molar-refractivity contribution is 6.34. The zero-order valence-electron chi connectivity index (χ0n) is 14.3. The standard InChI is InChI=1S/C21H12ClNO5/c22-13-3-7-15(8-4-13)28-16-9-10-17-18(11-16)20(25)23(19(17)24)14-5-1-12(2-6-14)21(26)27/h1-11H,(H,26,27). The first-order chi connectivity index (χ1) is 13.4. The maximum atomic E-state index is 12.8. The zero-order valence-corrected chi connectivity index (χ0v) is 15.0. The van der Waals surface area contributed by atoms with E-state index in [0.717, 1.165) is 4.90 Å². The van der Waals surface area contributed by atoms with Crippen molar-refractivity contribution in [2.24, 2.45) is 0 Å². The van der Waals surface area contributed by atoms with Crippen LogP contribution in [0, 0.1) is 0 Å². The Morgan fingerprint density at radius 2 is 1.43 bits per heavy atom. The molecule has 0 spiro atoms. The lowest BCUT2D eigenvalue weighted by atomic mass is 10.1. The molecule has 1 N–H and O–H groups in total. The maximum absolute atomic E-state index is 12.8. The van der Waals surface area contributed by atoms with Crippen molar-refractivity contribution in [2.45, 2.75) is 0 Å². The molecular weight excluding hydrogens is 382 g/mol. The van der Waals surface area contributed by atoms with Gasteiger partial charge in [0.2, 0.25) is 0 Å². The molecule has 0 radical (unpaired) electrons. The molecule has 0 fully saturated rings. The first-order valence-corrected chi connectivity index (χ1v) is 8.61. The van der Waals surface area contributed by atoms with Gasteiger partial charge >= 0.3 is 5.97 Å². The monoisotopic (exact) mass is 393 g/mol. The normalized spacial score (nSPS) is 12.8. The Balaban J connectivity index is 1.63. The van der Waals surface area contributed by atoms with Gasteiger partial charge in [-0.3, -0.25) is 9.59 Å². The summed E-state index contributed by atoms with van der Waals surface area (Å²) in [5, 5.41) is 9.56. The van der Waals surface area contributed by atoms with Crippen LogP contribution in [0.15, 0.2) is 66.7 Å². The van der Waals surface area contributed by atoms with Gasteiger partial charge in [-0.1, -0.05) is 11.6 Å². The average molecular weight is 394 g/mol. The second-order valence-corrected chi connectivity index (χ2v) is 6.50. The van der Waals surface area contributed by atoms with Crippen molar-refractivity contribution in [1.29, 1.82) is 0 Å². The molecular formula is C21H12ClNO5. The van der Waals surface area contributed by atoms with Crippen LogP contribution in [0.25, 0.3) is 0 Å². The predicted molar refractivity (Wildman–Crippen MR) is 103 cm³/mol. The molecule has 6 nitrogen and oxygen atoms in total. The van der Waals surface area contributed by atoms with E-state index in [9.17, 15) is 14.4 Å². The van der Waals surface area contributed by atoms with Crippen molar-refractivity contribution in [2.75, 3.05) is 4.90 Å². The Kier molecular flexibility index (Phi) is 4.33. The number of carbonyl (C=O) groups excluding carboxylic acids is 2. The summed E-state index contributed by atoms with van der Waals surface area (Å²) in [4.78, 5) is 37.5. The fourth-order valence-corrected chi connectivity index (χ4v) is 3.04.